The number of nitrogens with one attached hydrogen (secondary N) is 1. The number of carbonyl (C=O) groups excluding carboxylic acids is 2. The number of rotatable bonds is 3. The Bertz CT molecular complexity index is 232. The van der Waals surface area contributed by atoms with Crippen LogP contribution in [0, 0.1) is 5.92 Å². The molecule has 5 heteroatoms. The van der Waals surface area contributed by atoms with E-state index in [0.29, 0.717) is 6.61 Å². The minimum atomic E-state index is -0.564. The molecule has 0 aromatic carbocycles. The van der Waals surface area contributed by atoms with Crippen LogP contribution in [-0.4, -0.2) is 38.2 Å². The number of hydrogen-bond donors (Lipinski definition) is 1. The van der Waals surface area contributed by atoms with Gasteiger partial charge >= 0.3 is 6.09 Å². The Morgan fingerprint density at radius 2 is 2.31 bits per heavy atom. The fourth-order valence-electron chi connectivity index (χ4n) is 1.82. The van der Waals surface area contributed by atoms with Crippen molar-refractivity contribution in [1.29, 1.82) is 0 Å². The molecule has 1 amide bonds. The van der Waals surface area contributed by atoms with Crippen molar-refractivity contribution < 1.29 is 19.1 Å². The van der Waals surface area contributed by atoms with Crippen LogP contribution in [0.3, 0.4) is 0 Å². The van der Waals surface area contributed by atoms with Crippen molar-refractivity contribution in [2.75, 3.05) is 13.7 Å². The summed E-state index contributed by atoms with van der Waals surface area (Å²) in [6, 6.07) is -0.469. The number of hydrogen-bond acceptors (Lipinski definition) is 4. The smallest absolute Gasteiger partial charge is 0.407 e. The van der Waals surface area contributed by atoms with Crippen molar-refractivity contribution in [3.63, 3.8) is 0 Å². The molecule has 1 heterocycles. The lowest BCUT2D eigenvalue weighted by Crippen LogP contribution is -2.44. The Labute approximate surface area is 96.5 Å². The van der Waals surface area contributed by atoms with Crippen molar-refractivity contribution in [3.05, 3.63) is 0 Å². The van der Waals surface area contributed by atoms with Crippen molar-refractivity contribution >= 4 is 12.4 Å². The zero-order valence-electron chi connectivity index (χ0n) is 9.06. The number of carbonyl (C=O) groups is 2. The molecule has 0 spiro atoms. The Morgan fingerprint density at radius 3 is 2.81 bits per heavy atom. The van der Waals surface area contributed by atoms with Gasteiger partial charge in [-0.05, 0) is 25.7 Å². The third kappa shape index (κ3) is 4.18. The lowest BCUT2D eigenvalue weighted by molar-refractivity contribution is -0.112. The first-order valence-corrected chi connectivity index (χ1v) is 5.08. The number of amides is 1. The monoisotopic (exact) mass is 231 g/mol. The summed E-state index contributed by atoms with van der Waals surface area (Å²) in [5, 5.41) is 2.52. The first-order valence-electron chi connectivity index (χ1n) is 5.08. The Hall–Kier alpha value is -1.10. The summed E-state index contributed by atoms with van der Waals surface area (Å²) in [4.78, 5) is 21.8. The largest absolute Gasteiger partial charge is 0.453 e. The van der Waals surface area contributed by atoms with Crippen molar-refractivity contribution in [2.45, 2.75) is 39.3 Å². The summed E-state index contributed by atoms with van der Waals surface area (Å²) in [6.07, 6.45) is 1.92. The van der Waals surface area contributed by atoms with Gasteiger partial charge in [0.2, 0.25) is 0 Å². The van der Waals surface area contributed by atoms with Gasteiger partial charge in [-0.1, -0.05) is 7.43 Å². The predicted molar refractivity (Wildman–Crippen MR) is 60.3 cm³/mol. The molecule has 1 aliphatic rings. The fourth-order valence-corrected chi connectivity index (χ4v) is 1.82. The Balaban J connectivity index is 0.00000225. The molecule has 1 saturated heterocycles. The van der Waals surface area contributed by atoms with Crippen LogP contribution in [0.25, 0.3) is 0 Å². The molecule has 1 N–H and O–H groups in total. The summed E-state index contributed by atoms with van der Waals surface area (Å²) in [7, 11) is 1.28. The van der Waals surface area contributed by atoms with E-state index in [1.807, 2.05) is 6.92 Å². The quantitative estimate of drug-likeness (QED) is 0.745. The van der Waals surface area contributed by atoms with Crippen molar-refractivity contribution in [1.82, 2.24) is 5.32 Å². The summed E-state index contributed by atoms with van der Waals surface area (Å²) in [6.45, 7) is 2.60. The summed E-state index contributed by atoms with van der Waals surface area (Å²) in [5.41, 5.74) is 0. The highest BCUT2D eigenvalue weighted by Crippen LogP contribution is 2.22. The van der Waals surface area contributed by atoms with E-state index in [9.17, 15) is 9.59 Å². The zero-order valence-corrected chi connectivity index (χ0v) is 9.06. The first kappa shape index (κ1) is 14.9. The maximum absolute atomic E-state index is 11.0. The van der Waals surface area contributed by atoms with Gasteiger partial charge in [-0.3, -0.25) is 0 Å². The van der Waals surface area contributed by atoms with Gasteiger partial charge in [0, 0.05) is 6.61 Å². The molecule has 0 aromatic heterocycles. The van der Waals surface area contributed by atoms with Gasteiger partial charge in [0.25, 0.3) is 0 Å². The lowest BCUT2D eigenvalue weighted by atomic mass is 9.90. The number of methoxy groups -OCH3 is 1. The Morgan fingerprint density at radius 1 is 1.62 bits per heavy atom. The molecular weight excluding hydrogens is 210 g/mol. The molecule has 0 saturated carbocycles. The van der Waals surface area contributed by atoms with Crippen LogP contribution in [0.5, 0.6) is 0 Å². The highest BCUT2D eigenvalue weighted by atomic mass is 16.5. The molecule has 16 heavy (non-hydrogen) atoms. The van der Waals surface area contributed by atoms with Gasteiger partial charge in [-0.15, -0.1) is 0 Å². The SMILES string of the molecule is C.COC(=O)NC(C=O)C1CCOC(C)C1. The Kier molecular flexibility index (Phi) is 6.72. The average Bonchev–Trinajstić information content (AvgIpc) is 2.25. The van der Waals surface area contributed by atoms with E-state index in [4.69, 9.17) is 4.74 Å². The molecular formula is C11H21NO4. The third-order valence-electron chi connectivity index (χ3n) is 2.65. The highest BCUT2D eigenvalue weighted by molar-refractivity contribution is 5.73. The van der Waals surface area contributed by atoms with Crippen molar-refractivity contribution in [2.24, 2.45) is 5.92 Å². The van der Waals surface area contributed by atoms with Crippen molar-refractivity contribution in [3.8, 4) is 0 Å². The van der Waals surface area contributed by atoms with Gasteiger partial charge in [0.05, 0.1) is 19.3 Å². The van der Waals surface area contributed by atoms with Crippen LogP contribution in [0.15, 0.2) is 0 Å². The second-order valence-corrected chi connectivity index (χ2v) is 3.76. The van der Waals surface area contributed by atoms with E-state index < -0.39 is 12.1 Å². The molecule has 3 atom stereocenters. The van der Waals surface area contributed by atoms with E-state index >= 15 is 0 Å². The van der Waals surface area contributed by atoms with Crippen LogP contribution in [0.1, 0.15) is 27.2 Å². The van der Waals surface area contributed by atoms with Gasteiger partial charge in [0.15, 0.2) is 0 Å². The summed E-state index contributed by atoms with van der Waals surface area (Å²) < 4.78 is 9.83. The van der Waals surface area contributed by atoms with Crippen LogP contribution >= 0.6 is 0 Å². The fraction of sp³-hybridized carbons (Fsp3) is 0.818. The predicted octanol–water partition coefficient (Wildman–Crippen LogP) is 1.36. The molecule has 0 bridgehead atoms. The zero-order chi connectivity index (χ0) is 11.3. The van der Waals surface area contributed by atoms with Crippen LogP contribution < -0.4 is 5.32 Å². The summed E-state index contributed by atoms with van der Waals surface area (Å²) >= 11 is 0. The van der Waals surface area contributed by atoms with Gasteiger partial charge in [0.1, 0.15) is 6.29 Å². The van der Waals surface area contributed by atoms with E-state index in [1.54, 1.807) is 0 Å². The number of aldehydes is 1. The molecule has 1 aliphatic heterocycles. The van der Waals surface area contributed by atoms with Gasteiger partial charge in [-0.25, -0.2) is 4.79 Å². The molecule has 3 unspecified atom stereocenters. The first-order chi connectivity index (χ1) is 7.17. The molecule has 0 aliphatic carbocycles. The van der Waals surface area contributed by atoms with Crippen LogP contribution in [-0.2, 0) is 14.3 Å². The molecule has 94 valence electrons. The van der Waals surface area contributed by atoms with E-state index in [-0.39, 0.29) is 19.4 Å². The molecule has 0 aromatic rings. The molecule has 0 radical (unpaired) electrons. The van der Waals surface area contributed by atoms with Crippen LogP contribution in [0.4, 0.5) is 4.79 Å². The second kappa shape index (κ2) is 7.22. The summed E-state index contributed by atoms with van der Waals surface area (Å²) in [5.74, 6) is 0.144. The number of ether oxygens (including phenoxy) is 2. The molecule has 1 rings (SSSR count). The topological polar surface area (TPSA) is 64.6 Å². The van der Waals surface area contributed by atoms with E-state index in [0.717, 1.165) is 19.1 Å². The second-order valence-electron chi connectivity index (χ2n) is 3.76. The van der Waals surface area contributed by atoms with Crippen LogP contribution in [0.2, 0.25) is 0 Å². The van der Waals surface area contributed by atoms with E-state index in [2.05, 4.69) is 10.1 Å². The van der Waals surface area contributed by atoms with Gasteiger partial charge in [-0.2, -0.15) is 0 Å². The lowest BCUT2D eigenvalue weighted by Gasteiger charge is -2.30. The normalized spacial score (nSPS) is 26.1. The maximum Gasteiger partial charge on any atom is 0.407 e. The molecule has 5 nitrogen and oxygen atoms in total. The number of alkyl carbamates (subject to hydrolysis) is 1. The minimum absolute atomic E-state index is 0. The molecule has 1 fully saturated rings. The third-order valence-corrected chi connectivity index (χ3v) is 2.65. The van der Waals surface area contributed by atoms with E-state index in [1.165, 1.54) is 7.11 Å². The average molecular weight is 231 g/mol. The standard InChI is InChI=1S/C10H17NO4.CH4/c1-7-5-8(3-4-15-7)9(6-12)11-10(13)14-2;/h6-9H,3-5H2,1-2H3,(H,11,13);1H4. The maximum atomic E-state index is 11.0. The minimum Gasteiger partial charge on any atom is -0.453 e. The highest BCUT2D eigenvalue weighted by Gasteiger charge is 2.28. The van der Waals surface area contributed by atoms with Gasteiger partial charge < -0.3 is 19.6 Å².